The van der Waals surface area contributed by atoms with Gasteiger partial charge in [0, 0.05) is 28.2 Å². The van der Waals surface area contributed by atoms with E-state index in [2.05, 4.69) is 20.3 Å². The highest BCUT2D eigenvalue weighted by atomic mass is 35.5. The van der Waals surface area contributed by atoms with Gasteiger partial charge in [0.2, 0.25) is 10.0 Å². The number of pyridine rings is 1. The molecule has 0 unspecified atom stereocenters. The minimum absolute atomic E-state index is 0.0917. The highest BCUT2D eigenvalue weighted by Crippen LogP contribution is 2.42. The van der Waals surface area contributed by atoms with Crippen LogP contribution in [0, 0.1) is 11.3 Å². The van der Waals surface area contributed by atoms with E-state index in [1.807, 2.05) is 12.1 Å². The first-order valence-corrected chi connectivity index (χ1v) is 11.7. The molecule has 4 rings (SSSR count). The first kappa shape index (κ1) is 20.9. The quantitative estimate of drug-likeness (QED) is 0.613. The molecule has 2 heterocycles. The lowest BCUT2D eigenvalue weighted by atomic mass is 9.92. The Kier molecular flexibility index (Phi) is 5.13. The van der Waals surface area contributed by atoms with Crippen LogP contribution in [0.25, 0.3) is 22.3 Å². The standard InChI is InChI=1S/C22H23ClN4O2S/c1-22(2,3)26-30(28,29)16-8-9-19(25-13-16)21-18(12-24)17-11-14(23)7-10-20(17)27(21)15-5-4-6-15/h7-11,13,15,26H,4-6H2,1-3H3. The van der Waals surface area contributed by atoms with Crippen molar-refractivity contribution in [1.82, 2.24) is 14.3 Å². The minimum Gasteiger partial charge on any atom is -0.335 e. The second kappa shape index (κ2) is 7.38. The number of sulfonamides is 1. The van der Waals surface area contributed by atoms with Crippen molar-refractivity contribution in [2.24, 2.45) is 0 Å². The third kappa shape index (κ3) is 3.71. The average molecular weight is 443 g/mol. The maximum absolute atomic E-state index is 12.6. The van der Waals surface area contributed by atoms with Gasteiger partial charge in [0.25, 0.3) is 0 Å². The molecule has 1 N–H and O–H groups in total. The fourth-order valence-corrected chi connectivity index (χ4v) is 5.35. The summed E-state index contributed by atoms with van der Waals surface area (Å²) in [6.45, 7) is 5.36. The highest BCUT2D eigenvalue weighted by Gasteiger charge is 2.29. The van der Waals surface area contributed by atoms with Gasteiger partial charge in [-0.25, -0.2) is 13.1 Å². The molecule has 1 saturated carbocycles. The Morgan fingerprint density at radius 2 is 1.97 bits per heavy atom. The zero-order valence-corrected chi connectivity index (χ0v) is 18.7. The van der Waals surface area contributed by atoms with Crippen molar-refractivity contribution in [2.75, 3.05) is 0 Å². The van der Waals surface area contributed by atoms with Gasteiger partial charge in [-0.05, 0) is 70.4 Å². The first-order valence-electron chi connectivity index (χ1n) is 9.85. The van der Waals surface area contributed by atoms with Gasteiger partial charge in [0.15, 0.2) is 0 Å². The van der Waals surface area contributed by atoms with Gasteiger partial charge in [-0.3, -0.25) is 4.98 Å². The van der Waals surface area contributed by atoms with Crippen molar-refractivity contribution in [3.05, 3.63) is 47.1 Å². The Balaban J connectivity index is 1.87. The topological polar surface area (TPSA) is 87.8 Å². The molecule has 0 bridgehead atoms. The molecule has 1 aliphatic carbocycles. The fraction of sp³-hybridized carbons (Fsp3) is 0.364. The minimum atomic E-state index is -3.68. The molecule has 0 spiro atoms. The molecule has 8 heteroatoms. The summed E-state index contributed by atoms with van der Waals surface area (Å²) < 4.78 is 30.0. The van der Waals surface area contributed by atoms with Crippen LogP contribution in [0.15, 0.2) is 41.4 Å². The van der Waals surface area contributed by atoms with Crippen LogP contribution in [0.1, 0.15) is 51.6 Å². The lowest BCUT2D eigenvalue weighted by Gasteiger charge is -2.30. The molecule has 2 aromatic heterocycles. The molecular weight excluding hydrogens is 420 g/mol. The molecular formula is C22H23ClN4O2S. The summed E-state index contributed by atoms with van der Waals surface area (Å²) in [5, 5.41) is 11.3. The number of hydrogen-bond acceptors (Lipinski definition) is 4. The molecule has 0 amide bonds. The number of halogens is 1. The van der Waals surface area contributed by atoms with Crippen molar-refractivity contribution in [1.29, 1.82) is 5.26 Å². The number of nitrogens with zero attached hydrogens (tertiary/aromatic N) is 3. The maximum Gasteiger partial charge on any atom is 0.242 e. The summed E-state index contributed by atoms with van der Waals surface area (Å²) in [4.78, 5) is 4.54. The Bertz CT molecular complexity index is 1260. The number of rotatable bonds is 4. The van der Waals surface area contributed by atoms with E-state index in [4.69, 9.17) is 11.6 Å². The lowest BCUT2D eigenvalue weighted by molar-refractivity contribution is 0.324. The van der Waals surface area contributed by atoms with Crippen LogP contribution in [0.3, 0.4) is 0 Å². The van der Waals surface area contributed by atoms with Crippen LogP contribution in [-0.4, -0.2) is 23.5 Å². The van der Waals surface area contributed by atoms with E-state index in [0.717, 1.165) is 30.2 Å². The Labute approximate surface area is 181 Å². The second-order valence-electron chi connectivity index (χ2n) is 8.69. The van der Waals surface area contributed by atoms with Crippen LogP contribution < -0.4 is 4.72 Å². The van der Waals surface area contributed by atoms with Crippen LogP contribution in [0.4, 0.5) is 0 Å². The summed E-state index contributed by atoms with van der Waals surface area (Å²) in [5.41, 5.74) is 2.15. The second-order valence-corrected chi connectivity index (χ2v) is 10.8. The van der Waals surface area contributed by atoms with Crippen LogP contribution >= 0.6 is 11.6 Å². The van der Waals surface area contributed by atoms with Gasteiger partial charge < -0.3 is 4.57 Å². The molecule has 0 saturated heterocycles. The van der Waals surface area contributed by atoms with E-state index in [1.54, 1.807) is 32.9 Å². The Morgan fingerprint density at radius 1 is 1.23 bits per heavy atom. The molecule has 6 nitrogen and oxygen atoms in total. The van der Waals surface area contributed by atoms with Crippen molar-refractivity contribution >= 4 is 32.5 Å². The summed E-state index contributed by atoms with van der Waals surface area (Å²) in [5.74, 6) is 0. The largest absolute Gasteiger partial charge is 0.335 e. The van der Waals surface area contributed by atoms with E-state index in [0.29, 0.717) is 28.0 Å². The monoisotopic (exact) mass is 442 g/mol. The number of aromatic nitrogens is 2. The van der Waals surface area contributed by atoms with Gasteiger partial charge in [0.05, 0.1) is 22.5 Å². The molecule has 156 valence electrons. The third-order valence-corrected chi connectivity index (χ3v) is 7.22. The predicted molar refractivity (Wildman–Crippen MR) is 118 cm³/mol. The Morgan fingerprint density at radius 3 is 2.50 bits per heavy atom. The lowest BCUT2D eigenvalue weighted by Crippen LogP contribution is -2.40. The van der Waals surface area contributed by atoms with Gasteiger partial charge in [0.1, 0.15) is 11.0 Å². The van der Waals surface area contributed by atoms with Gasteiger partial charge in [-0.15, -0.1) is 0 Å². The number of hydrogen-bond donors (Lipinski definition) is 1. The third-order valence-electron chi connectivity index (χ3n) is 5.25. The van der Waals surface area contributed by atoms with Gasteiger partial charge in [-0.2, -0.15) is 5.26 Å². The van der Waals surface area contributed by atoms with E-state index >= 15 is 0 Å². The summed E-state index contributed by atoms with van der Waals surface area (Å²) in [7, 11) is -3.68. The van der Waals surface area contributed by atoms with Crippen LogP contribution in [0.2, 0.25) is 5.02 Å². The number of nitriles is 1. The predicted octanol–water partition coefficient (Wildman–Crippen LogP) is 5.03. The Hall–Kier alpha value is -2.40. The van der Waals surface area contributed by atoms with Gasteiger partial charge in [-0.1, -0.05) is 11.6 Å². The van der Waals surface area contributed by atoms with E-state index < -0.39 is 15.6 Å². The molecule has 0 radical (unpaired) electrons. The van der Waals surface area contributed by atoms with Crippen molar-refractivity contribution in [2.45, 2.75) is 56.5 Å². The molecule has 1 fully saturated rings. The molecule has 0 aliphatic heterocycles. The number of fused-ring (bicyclic) bond motifs is 1. The zero-order chi connectivity index (χ0) is 21.7. The van der Waals surface area contributed by atoms with E-state index in [1.165, 1.54) is 12.3 Å². The number of nitrogens with one attached hydrogen (secondary N) is 1. The summed E-state index contributed by atoms with van der Waals surface area (Å²) in [6.07, 6.45) is 4.56. The van der Waals surface area contributed by atoms with E-state index in [-0.39, 0.29) is 4.90 Å². The fourth-order valence-electron chi connectivity index (χ4n) is 3.82. The summed E-state index contributed by atoms with van der Waals surface area (Å²) in [6, 6.07) is 11.4. The summed E-state index contributed by atoms with van der Waals surface area (Å²) >= 11 is 6.20. The SMILES string of the molecule is CC(C)(C)NS(=O)(=O)c1ccc(-c2c(C#N)c3cc(Cl)ccc3n2C2CCC2)nc1. The van der Waals surface area contributed by atoms with Gasteiger partial charge >= 0.3 is 0 Å². The van der Waals surface area contributed by atoms with Crippen molar-refractivity contribution in [3.63, 3.8) is 0 Å². The molecule has 0 atom stereocenters. The average Bonchev–Trinajstić information content (AvgIpc) is 2.91. The highest BCUT2D eigenvalue weighted by molar-refractivity contribution is 7.89. The molecule has 30 heavy (non-hydrogen) atoms. The van der Waals surface area contributed by atoms with Crippen LogP contribution in [-0.2, 0) is 10.0 Å². The number of benzene rings is 1. The van der Waals surface area contributed by atoms with Crippen LogP contribution in [0.5, 0.6) is 0 Å². The maximum atomic E-state index is 12.6. The normalized spacial score (nSPS) is 15.2. The van der Waals surface area contributed by atoms with Crippen molar-refractivity contribution < 1.29 is 8.42 Å². The smallest absolute Gasteiger partial charge is 0.242 e. The molecule has 1 aliphatic rings. The first-order chi connectivity index (χ1) is 14.1. The zero-order valence-electron chi connectivity index (χ0n) is 17.1. The molecule has 1 aromatic carbocycles. The van der Waals surface area contributed by atoms with E-state index in [9.17, 15) is 13.7 Å². The molecule has 3 aromatic rings. The van der Waals surface area contributed by atoms with Crippen molar-refractivity contribution in [3.8, 4) is 17.5 Å².